The fourth-order valence-corrected chi connectivity index (χ4v) is 4.37. The number of hydrogen-bond acceptors (Lipinski definition) is 8. The summed E-state index contributed by atoms with van der Waals surface area (Å²) in [7, 11) is 0.455. The maximum absolute atomic E-state index is 6.25. The van der Waals surface area contributed by atoms with Crippen LogP contribution in [-0.2, 0) is 4.74 Å². The molecule has 0 bridgehead atoms. The van der Waals surface area contributed by atoms with Crippen LogP contribution in [0.4, 0.5) is 0 Å². The minimum Gasteiger partial charge on any atom is -0.495 e. The molecule has 0 amide bonds. The summed E-state index contributed by atoms with van der Waals surface area (Å²) in [5.74, 6) is 2.66. The molecular formula is C27H37ClN4O4Si. The first-order chi connectivity index (χ1) is 17.6. The van der Waals surface area contributed by atoms with Gasteiger partial charge in [-0.3, -0.25) is 4.98 Å². The third kappa shape index (κ3) is 8.65. The fraction of sp³-hybridized carbons (Fsp3) is 0.481. The van der Waals surface area contributed by atoms with E-state index in [1.54, 1.807) is 31.8 Å². The van der Waals surface area contributed by atoms with E-state index in [2.05, 4.69) is 53.4 Å². The van der Waals surface area contributed by atoms with E-state index in [0.717, 1.165) is 17.5 Å². The van der Waals surface area contributed by atoms with Gasteiger partial charge in [0.05, 0.1) is 31.7 Å². The predicted molar refractivity (Wildman–Crippen MR) is 148 cm³/mol. The number of aromatic nitrogens is 4. The Morgan fingerprint density at radius 1 is 0.973 bits per heavy atom. The quantitative estimate of drug-likeness (QED) is 0.105. The van der Waals surface area contributed by atoms with E-state index >= 15 is 0 Å². The van der Waals surface area contributed by atoms with Crippen molar-refractivity contribution in [2.75, 3.05) is 27.1 Å². The SMILES string of the molecule is COc1ccc([C@@H](C)[C@H](C)COc2nc(C)ncc2-c2cc(Cl)ncc2OCOCC[Si](C)(C)C)nc1. The largest absolute Gasteiger partial charge is 0.495 e. The molecule has 0 unspecified atom stereocenters. The average Bonchev–Trinajstić information content (AvgIpc) is 2.87. The highest BCUT2D eigenvalue weighted by Crippen LogP contribution is 2.36. The van der Waals surface area contributed by atoms with E-state index in [4.69, 9.17) is 30.5 Å². The molecule has 0 fully saturated rings. The summed E-state index contributed by atoms with van der Waals surface area (Å²) in [5.41, 5.74) is 2.34. The van der Waals surface area contributed by atoms with Crippen molar-refractivity contribution in [3.05, 3.63) is 53.5 Å². The topological polar surface area (TPSA) is 88.5 Å². The number of halogens is 1. The Kier molecular flexibility index (Phi) is 10.3. The number of ether oxygens (including phenoxy) is 4. The molecule has 0 aliphatic rings. The van der Waals surface area contributed by atoms with E-state index in [-0.39, 0.29) is 18.6 Å². The van der Waals surface area contributed by atoms with Gasteiger partial charge in [-0.25, -0.2) is 9.97 Å². The third-order valence-corrected chi connectivity index (χ3v) is 8.00. The number of rotatable bonds is 13. The molecule has 8 nitrogen and oxygen atoms in total. The van der Waals surface area contributed by atoms with E-state index < -0.39 is 8.07 Å². The molecule has 0 aliphatic heterocycles. The Bertz CT molecular complexity index is 1160. The Hall–Kier alpha value is -2.75. The van der Waals surface area contributed by atoms with Crippen LogP contribution in [0.1, 0.15) is 31.3 Å². The van der Waals surface area contributed by atoms with Crippen LogP contribution < -0.4 is 14.2 Å². The maximum atomic E-state index is 6.25. The van der Waals surface area contributed by atoms with E-state index in [1.165, 1.54) is 0 Å². The maximum Gasteiger partial charge on any atom is 0.224 e. The van der Waals surface area contributed by atoms with Gasteiger partial charge in [-0.1, -0.05) is 45.1 Å². The van der Waals surface area contributed by atoms with Gasteiger partial charge in [-0.15, -0.1) is 0 Å². The van der Waals surface area contributed by atoms with Crippen LogP contribution >= 0.6 is 11.6 Å². The van der Waals surface area contributed by atoms with Gasteiger partial charge in [0.1, 0.15) is 22.5 Å². The number of hydrogen-bond donors (Lipinski definition) is 0. The lowest BCUT2D eigenvalue weighted by Crippen LogP contribution is -2.22. The lowest BCUT2D eigenvalue weighted by atomic mass is 9.93. The molecule has 2 atom stereocenters. The third-order valence-electron chi connectivity index (χ3n) is 6.09. The van der Waals surface area contributed by atoms with E-state index in [0.29, 0.717) is 46.9 Å². The monoisotopic (exact) mass is 544 g/mol. The zero-order valence-corrected chi connectivity index (χ0v) is 24.5. The highest BCUT2D eigenvalue weighted by atomic mass is 35.5. The van der Waals surface area contributed by atoms with Crippen molar-refractivity contribution in [1.82, 2.24) is 19.9 Å². The molecule has 0 saturated carbocycles. The lowest BCUT2D eigenvalue weighted by molar-refractivity contribution is 0.0222. The molecule has 0 N–H and O–H groups in total. The summed E-state index contributed by atoms with van der Waals surface area (Å²) < 4.78 is 23.1. The Balaban J connectivity index is 1.74. The van der Waals surface area contributed by atoms with Gasteiger partial charge in [-0.2, -0.15) is 4.98 Å². The Morgan fingerprint density at radius 2 is 1.76 bits per heavy atom. The van der Waals surface area contributed by atoms with Crippen molar-refractivity contribution >= 4 is 19.7 Å². The van der Waals surface area contributed by atoms with Crippen LogP contribution in [0.25, 0.3) is 11.1 Å². The molecule has 3 aromatic heterocycles. The van der Waals surface area contributed by atoms with Crippen LogP contribution in [0, 0.1) is 12.8 Å². The zero-order valence-electron chi connectivity index (χ0n) is 22.7. The van der Waals surface area contributed by atoms with Gasteiger partial charge < -0.3 is 18.9 Å². The van der Waals surface area contributed by atoms with Crippen molar-refractivity contribution in [2.45, 2.75) is 52.4 Å². The van der Waals surface area contributed by atoms with Crippen molar-refractivity contribution in [1.29, 1.82) is 0 Å². The van der Waals surface area contributed by atoms with Crippen LogP contribution in [0.3, 0.4) is 0 Å². The normalized spacial score (nSPS) is 13.2. The molecule has 3 heterocycles. The lowest BCUT2D eigenvalue weighted by Gasteiger charge is -2.21. The fourth-order valence-electron chi connectivity index (χ4n) is 3.46. The van der Waals surface area contributed by atoms with Gasteiger partial charge in [0.25, 0.3) is 0 Å². The van der Waals surface area contributed by atoms with Crippen LogP contribution in [-0.4, -0.2) is 55.1 Å². The van der Waals surface area contributed by atoms with Gasteiger partial charge in [0, 0.05) is 38.1 Å². The summed E-state index contributed by atoms with van der Waals surface area (Å²) in [6.07, 6.45) is 5.04. The molecule has 0 radical (unpaired) electrons. The van der Waals surface area contributed by atoms with Gasteiger partial charge in [0.2, 0.25) is 5.88 Å². The zero-order chi connectivity index (χ0) is 27.0. The first kappa shape index (κ1) is 28.8. The van der Waals surface area contributed by atoms with Crippen LogP contribution in [0.2, 0.25) is 30.8 Å². The summed E-state index contributed by atoms with van der Waals surface area (Å²) in [6, 6.07) is 6.69. The molecule has 0 aromatic carbocycles. The minimum absolute atomic E-state index is 0.118. The van der Waals surface area contributed by atoms with Gasteiger partial charge >= 0.3 is 0 Å². The van der Waals surface area contributed by atoms with Crippen molar-refractivity contribution in [3.8, 4) is 28.5 Å². The molecule has 0 aliphatic carbocycles. The predicted octanol–water partition coefficient (Wildman–Crippen LogP) is 6.41. The molecule has 37 heavy (non-hydrogen) atoms. The highest BCUT2D eigenvalue weighted by Gasteiger charge is 2.20. The van der Waals surface area contributed by atoms with Gasteiger partial charge in [0.15, 0.2) is 6.79 Å². The average molecular weight is 545 g/mol. The first-order valence-corrected chi connectivity index (χ1v) is 16.5. The summed E-state index contributed by atoms with van der Waals surface area (Å²) in [4.78, 5) is 17.7. The Morgan fingerprint density at radius 3 is 2.43 bits per heavy atom. The van der Waals surface area contributed by atoms with E-state index in [1.807, 2.05) is 19.1 Å². The smallest absolute Gasteiger partial charge is 0.224 e. The number of nitrogens with zero attached hydrogens (tertiary/aromatic N) is 4. The number of pyridine rings is 2. The second-order valence-electron chi connectivity index (χ2n) is 10.3. The van der Waals surface area contributed by atoms with Crippen LogP contribution in [0.5, 0.6) is 17.4 Å². The minimum atomic E-state index is -1.18. The standard InChI is InChI=1S/C27H37ClN4O4Si/c1-18(19(2)24-9-8-21(33-4)13-30-24)16-35-27-23(14-29-20(3)32-27)22-12-26(28)31-15-25(22)36-17-34-10-11-37(5,6)7/h8-9,12-15,18-19H,10-11,16-17H2,1-7H3/t18-,19+/m1/s1. The van der Waals surface area contributed by atoms with Crippen molar-refractivity contribution < 1.29 is 18.9 Å². The molecule has 10 heteroatoms. The summed E-state index contributed by atoms with van der Waals surface area (Å²) >= 11 is 6.25. The first-order valence-electron chi connectivity index (χ1n) is 12.4. The molecule has 3 rings (SSSR count). The van der Waals surface area contributed by atoms with E-state index in [9.17, 15) is 0 Å². The molecule has 3 aromatic rings. The Labute approximate surface area is 225 Å². The number of aryl methyl sites for hydroxylation is 1. The van der Waals surface area contributed by atoms with Crippen molar-refractivity contribution in [2.24, 2.45) is 5.92 Å². The van der Waals surface area contributed by atoms with Crippen LogP contribution in [0.15, 0.2) is 36.8 Å². The molecule has 0 saturated heterocycles. The summed E-state index contributed by atoms with van der Waals surface area (Å²) in [5, 5.41) is 0.334. The highest BCUT2D eigenvalue weighted by molar-refractivity contribution is 6.76. The van der Waals surface area contributed by atoms with Crippen molar-refractivity contribution in [3.63, 3.8) is 0 Å². The summed E-state index contributed by atoms with van der Waals surface area (Å²) in [6.45, 7) is 14.2. The molecule has 200 valence electrons. The number of methoxy groups -OCH3 is 1. The molecule has 0 spiro atoms. The molecular weight excluding hydrogens is 508 g/mol. The second-order valence-corrected chi connectivity index (χ2v) is 16.3. The second kappa shape index (κ2) is 13.2. The van der Waals surface area contributed by atoms with Gasteiger partial charge in [-0.05, 0) is 37.1 Å².